The maximum absolute atomic E-state index is 8.85. The van der Waals surface area contributed by atoms with Crippen molar-refractivity contribution in [2.45, 2.75) is 19.4 Å². The van der Waals surface area contributed by atoms with E-state index in [1.54, 1.807) is 0 Å². The van der Waals surface area contributed by atoms with E-state index in [1.165, 1.54) is 5.56 Å². The molecule has 0 amide bonds. The van der Waals surface area contributed by atoms with Gasteiger partial charge in [0.1, 0.15) is 5.82 Å². The predicted molar refractivity (Wildman–Crippen MR) is 91.3 cm³/mol. The van der Waals surface area contributed by atoms with Crippen molar-refractivity contribution in [2.75, 3.05) is 0 Å². The van der Waals surface area contributed by atoms with Gasteiger partial charge in [-0.1, -0.05) is 35.9 Å². The van der Waals surface area contributed by atoms with E-state index in [0.29, 0.717) is 5.56 Å². The van der Waals surface area contributed by atoms with Gasteiger partial charge in [0.15, 0.2) is 0 Å². The summed E-state index contributed by atoms with van der Waals surface area (Å²) in [6, 6.07) is 17.7. The second kappa shape index (κ2) is 7.13. The van der Waals surface area contributed by atoms with Crippen molar-refractivity contribution in [1.29, 1.82) is 5.26 Å². The van der Waals surface area contributed by atoms with Crippen molar-refractivity contribution < 1.29 is 0 Å². The lowest BCUT2D eigenvalue weighted by Crippen LogP contribution is -2.06. The van der Waals surface area contributed by atoms with Gasteiger partial charge in [-0.15, -0.1) is 0 Å². The van der Waals surface area contributed by atoms with Crippen molar-refractivity contribution in [1.82, 2.24) is 9.55 Å². The topological polar surface area (TPSA) is 41.6 Å². The molecule has 23 heavy (non-hydrogen) atoms. The molecule has 0 saturated heterocycles. The summed E-state index contributed by atoms with van der Waals surface area (Å²) in [4.78, 5) is 4.46. The van der Waals surface area contributed by atoms with Gasteiger partial charge in [0.2, 0.25) is 0 Å². The fourth-order valence-corrected chi connectivity index (χ4v) is 2.63. The molecule has 0 radical (unpaired) electrons. The summed E-state index contributed by atoms with van der Waals surface area (Å²) in [7, 11) is 0. The summed E-state index contributed by atoms with van der Waals surface area (Å²) < 4.78 is 2.15. The molecule has 4 heteroatoms. The van der Waals surface area contributed by atoms with Gasteiger partial charge in [-0.25, -0.2) is 4.98 Å². The molecular weight excluding hydrogens is 306 g/mol. The molecule has 0 fully saturated rings. The second-order valence-corrected chi connectivity index (χ2v) is 5.84. The Hall–Kier alpha value is -2.57. The van der Waals surface area contributed by atoms with Gasteiger partial charge in [-0.2, -0.15) is 5.26 Å². The molecule has 0 spiro atoms. The first-order chi connectivity index (χ1) is 11.2. The van der Waals surface area contributed by atoms with Crippen LogP contribution in [-0.2, 0) is 19.4 Å². The van der Waals surface area contributed by atoms with E-state index in [1.807, 2.05) is 48.8 Å². The molecule has 0 aliphatic heterocycles. The monoisotopic (exact) mass is 321 g/mol. The Balaban J connectivity index is 1.66. The molecule has 3 nitrogen and oxygen atoms in total. The smallest absolute Gasteiger partial charge is 0.109 e. The van der Waals surface area contributed by atoms with Crippen molar-refractivity contribution >= 4 is 11.6 Å². The standard InChI is InChI=1S/C19H16ClN3/c20-18-8-5-15(6-9-18)7-10-19-22-11-12-23(19)14-17-3-1-16(13-21)2-4-17/h1-6,8-9,11-12H,7,10,14H2. The Bertz CT molecular complexity index is 811. The minimum atomic E-state index is 0.683. The predicted octanol–water partition coefficient (Wildman–Crippen LogP) is 4.24. The fourth-order valence-electron chi connectivity index (χ4n) is 2.50. The number of imidazole rings is 1. The second-order valence-electron chi connectivity index (χ2n) is 5.41. The van der Waals surface area contributed by atoms with Gasteiger partial charge in [0, 0.05) is 30.4 Å². The Labute approximate surface area is 140 Å². The zero-order valence-corrected chi connectivity index (χ0v) is 13.4. The minimum absolute atomic E-state index is 0.683. The average Bonchev–Trinajstić information content (AvgIpc) is 3.02. The van der Waals surface area contributed by atoms with Crippen molar-refractivity contribution in [3.63, 3.8) is 0 Å². The van der Waals surface area contributed by atoms with Crippen LogP contribution >= 0.6 is 11.6 Å². The molecule has 0 unspecified atom stereocenters. The molecule has 0 aliphatic rings. The maximum atomic E-state index is 8.85. The molecule has 0 saturated carbocycles. The summed E-state index contributed by atoms with van der Waals surface area (Å²) in [5, 5.41) is 9.61. The summed E-state index contributed by atoms with van der Waals surface area (Å²) in [5.74, 6) is 1.06. The number of hydrogen-bond donors (Lipinski definition) is 0. The van der Waals surface area contributed by atoms with Crippen LogP contribution in [0.25, 0.3) is 0 Å². The van der Waals surface area contributed by atoms with Crippen LogP contribution in [0.5, 0.6) is 0 Å². The Morgan fingerprint density at radius 3 is 2.35 bits per heavy atom. The molecule has 1 heterocycles. The molecule has 2 aromatic carbocycles. The molecule has 114 valence electrons. The number of benzene rings is 2. The highest BCUT2D eigenvalue weighted by Gasteiger charge is 2.05. The van der Waals surface area contributed by atoms with Crippen molar-refractivity contribution in [3.05, 3.63) is 88.5 Å². The van der Waals surface area contributed by atoms with Gasteiger partial charge in [-0.05, 0) is 41.8 Å². The first-order valence-corrected chi connectivity index (χ1v) is 7.86. The molecule has 0 N–H and O–H groups in total. The van der Waals surface area contributed by atoms with E-state index in [2.05, 4.69) is 27.8 Å². The molecular formula is C19H16ClN3. The van der Waals surface area contributed by atoms with Gasteiger partial charge in [0.05, 0.1) is 11.6 Å². The van der Waals surface area contributed by atoms with Crippen LogP contribution in [0.3, 0.4) is 0 Å². The normalized spacial score (nSPS) is 10.4. The Morgan fingerprint density at radius 1 is 0.957 bits per heavy atom. The highest BCUT2D eigenvalue weighted by atomic mass is 35.5. The zero-order valence-electron chi connectivity index (χ0n) is 12.6. The highest BCUT2D eigenvalue weighted by molar-refractivity contribution is 6.30. The number of aryl methyl sites for hydroxylation is 2. The van der Waals surface area contributed by atoms with Crippen molar-refractivity contribution in [3.8, 4) is 6.07 Å². The van der Waals surface area contributed by atoms with Crippen LogP contribution in [0.15, 0.2) is 60.9 Å². The van der Waals surface area contributed by atoms with Gasteiger partial charge in [-0.3, -0.25) is 0 Å². The third kappa shape index (κ3) is 4.00. The Morgan fingerprint density at radius 2 is 1.65 bits per heavy atom. The number of nitriles is 1. The first-order valence-electron chi connectivity index (χ1n) is 7.48. The van der Waals surface area contributed by atoms with Crippen LogP contribution in [0.1, 0.15) is 22.5 Å². The zero-order chi connectivity index (χ0) is 16.1. The molecule has 0 atom stereocenters. The quantitative estimate of drug-likeness (QED) is 0.705. The van der Waals surface area contributed by atoms with Crippen LogP contribution in [-0.4, -0.2) is 9.55 Å². The van der Waals surface area contributed by atoms with E-state index in [-0.39, 0.29) is 0 Å². The third-order valence-corrected chi connectivity index (χ3v) is 4.04. The highest BCUT2D eigenvalue weighted by Crippen LogP contribution is 2.13. The first kappa shape index (κ1) is 15.3. The maximum Gasteiger partial charge on any atom is 0.109 e. The van der Waals surface area contributed by atoms with E-state index in [0.717, 1.165) is 35.8 Å². The third-order valence-electron chi connectivity index (χ3n) is 3.79. The van der Waals surface area contributed by atoms with Gasteiger partial charge >= 0.3 is 0 Å². The lowest BCUT2D eigenvalue weighted by atomic mass is 10.1. The fraction of sp³-hybridized carbons (Fsp3) is 0.158. The van der Waals surface area contributed by atoms with Gasteiger partial charge < -0.3 is 4.57 Å². The van der Waals surface area contributed by atoms with E-state index in [4.69, 9.17) is 16.9 Å². The van der Waals surface area contributed by atoms with E-state index in [9.17, 15) is 0 Å². The molecule has 1 aromatic heterocycles. The van der Waals surface area contributed by atoms with Crippen LogP contribution in [0.4, 0.5) is 0 Å². The van der Waals surface area contributed by atoms with Crippen LogP contribution < -0.4 is 0 Å². The Kier molecular flexibility index (Phi) is 4.75. The summed E-state index contributed by atoms with van der Waals surface area (Å²) in [5.41, 5.74) is 3.10. The van der Waals surface area contributed by atoms with Gasteiger partial charge in [0.25, 0.3) is 0 Å². The number of hydrogen-bond acceptors (Lipinski definition) is 2. The molecule has 0 aliphatic carbocycles. The average molecular weight is 322 g/mol. The largest absolute Gasteiger partial charge is 0.331 e. The minimum Gasteiger partial charge on any atom is -0.331 e. The summed E-state index contributed by atoms with van der Waals surface area (Å²) >= 11 is 5.91. The molecule has 3 rings (SSSR count). The summed E-state index contributed by atoms with van der Waals surface area (Å²) in [6.45, 7) is 0.766. The lowest BCUT2D eigenvalue weighted by Gasteiger charge is -2.08. The number of aromatic nitrogens is 2. The van der Waals surface area contributed by atoms with Crippen LogP contribution in [0.2, 0.25) is 5.02 Å². The molecule has 3 aromatic rings. The molecule has 0 bridgehead atoms. The lowest BCUT2D eigenvalue weighted by molar-refractivity contribution is 0.712. The summed E-state index contributed by atoms with van der Waals surface area (Å²) in [6.07, 6.45) is 5.64. The SMILES string of the molecule is N#Cc1ccc(Cn2ccnc2CCc2ccc(Cl)cc2)cc1. The van der Waals surface area contributed by atoms with E-state index >= 15 is 0 Å². The number of rotatable bonds is 5. The van der Waals surface area contributed by atoms with Crippen molar-refractivity contribution in [2.24, 2.45) is 0 Å². The van der Waals surface area contributed by atoms with E-state index < -0.39 is 0 Å². The number of nitrogens with zero attached hydrogens (tertiary/aromatic N) is 3. The number of halogens is 1. The van der Waals surface area contributed by atoms with Crippen LogP contribution in [0, 0.1) is 11.3 Å².